The normalized spacial score (nSPS) is 15.2. The number of fused-ring (bicyclic) bond motifs is 1. The second-order valence-electron chi connectivity index (χ2n) is 6.94. The van der Waals surface area contributed by atoms with Crippen LogP contribution in [0.3, 0.4) is 0 Å². The van der Waals surface area contributed by atoms with Crippen LogP contribution in [0.25, 0.3) is 10.9 Å². The van der Waals surface area contributed by atoms with Gasteiger partial charge in [-0.3, -0.25) is 4.98 Å². The highest BCUT2D eigenvalue weighted by Crippen LogP contribution is 2.30. The van der Waals surface area contributed by atoms with E-state index in [9.17, 15) is 0 Å². The lowest BCUT2D eigenvalue weighted by molar-refractivity contribution is 0.415. The first-order valence-electron chi connectivity index (χ1n) is 9.24. The van der Waals surface area contributed by atoms with E-state index in [0.29, 0.717) is 6.04 Å². The third-order valence-corrected chi connectivity index (χ3v) is 5.23. The van der Waals surface area contributed by atoms with Gasteiger partial charge in [0.05, 0.1) is 12.6 Å². The number of hydrogen-bond acceptors (Lipinski definition) is 4. The van der Waals surface area contributed by atoms with Gasteiger partial charge in [-0.1, -0.05) is 24.3 Å². The van der Waals surface area contributed by atoms with E-state index in [4.69, 9.17) is 4.74 Å². The van der Waals surface area contributed by atoms with Crippen LogP contribution in [-0.4, -0.2) is 31.2 Å². The molecule has 1 aromatic heterocycles. The van der Waals surface area contributed by atoms with Gasteiger partial charge in [0.15, 0.2) is 0 Å². The molecule has 1 aliphatic rings. The smallest absolute Gasteiger partial charge is 0.120 e. The van der Waals surface area contributed by atoms with Gasteiger partial charge in [-0.15, -0.1) is 0 Å². The van der Waals surface area contributed by atoms with E-state index in [1.165, 1.54) is 16.6 Å². The first kappa shape index (κ1) is 16.7. The molecular formula is C22H25N3O. The number of pyridine rings is 1. The molecule has 0 aliphatic carbocycles. The van der Waals surface area contributed by atoms with Gasteiger partial charge >= 0.3 is 0 Å². The molecule has 134 valence electrons. The summed E-state index contributed by atoms with van der Waals surface area (Å²) in [4.78, 5) is 7.07. The van der Waals surface area contributed by atoms with Crippen molar-refractivity contribution in [2.75, 3.05) is 30.4 Å². The SMILES string of the molecule is COc1cccc(NC2CCN(c3ccnc4c(C)cccc34)CC2)c1. The van der Waals surface area contributed by atoms with Gasteiger partial charge < -0.3 is 15.0 Å². The van der Waals surface area contributed by atoms with Crippen molar-refractivity contribution in [3.05, 3.63) is 60.3 Å². The molecule has 1 fully saturated rings. The lowest BCUT2D eigenvalue weighted by atomic mass is 10.0. The van der Waals surface area contributed by atoms with E-state index in [2.05, 4.69) is 58.5 Å². The van der Waals surface area contributed by atoms with Crippen molar-refractivity contribution in [3.8, 4) is 5.75 Å². The molecule has 1 N–H and O–H groups in total. The molecule has 3 aromatic rings. The zero-order valence-corrected chi connectivity index (χ0v) is 15.4. The average Bonchev–Trinajstić information content (AvgIpc) is 2.69. The van der Waals surface area contributed by atoms with Crippen molar-refractivity contribution >= 4 is 22.3 Å². The summed E-state index contributed by atoms with van der Waals surface area (Å²) < 4.78 is 5.32. The molecule has 4 heteroatoms. The molecule has 4 nitrogen and oxygen atoms in total. The van der Waals surface area contributed by atoms with Crippen molar-refractivity contribution in [1.82, 2.24) is 4.98 Å². The molecule has 26 heavy (non-hydrogen) atoms. The van der Waals surface area contributed by atoms with Crippen LogP contribution in [0.5, 0.6) is 5.75 Å². The predicted octanol–water partition coefficient (Wildman–Crippen LogP) is 4.63. The zero-order valence-electron chi connectivity index (χ0n) is 15.4. The van der Waals surface area contributed by atoms with E-state index in [0.717, 1.165) is 42.9 Å². The summed E-state index contributed by atoms with van der Waals surface area (Å²) in [6, 6.07) is 17.3. The van der Waals surface area contributed by atoms with Crippen molar-refractivity contribution in [2.45, 2.75) is 25.8 Å². The second kappa shape index (κ2) is 7.24. The largest absolute Gasteiger partial charge is 0.497 e. The maximum Gasteiger partial charge on any atom is 0.120 e. The Morgan fingerprint density at radius 3 is 2.69 bits per heavy atom. The Balaban J connectivity index is 1.46. The Labute approximate surface area is 154 Å². The first-order valence-corrected chi connectivity index (χ1v) is 9.24. The Kier molecular flexibility index (Phi) is 4.65. The van der Waals surface area contributed by atoms with Gasteiger partial charge in [0.1, 0.15) is 5.75 Å². The van der Waals surface area contributed by atoms with Crippen LogP contribution in [0, 0.1) is 6.92 Å². The van der Waals surface area contributed by atoms with Gasteiger partial charge in [-0.2, -0.15) is 0 Å². The lowest BCUT2D eigenvalue weighted by Crippen LogP contribution is -2.39. The maximum absolute atomic E-state index is 5.32. The number of anilines is 2. The monoisotopic (exact) mass is 347 g/mol. The summed E-state index contributed by atoms with van der Waals surface area (Å²) in [5.41, 5.74) is 4.78. The minimum atomic E-state index is 0.494. The molecule has 0 atom stereocenters. The zero-order chi connectivity index (χ0) is 17.9. The van der Waals surface area contributed by atoms with E-state index in [-0.39, 0.29) is 0 Å². The maximum atomic E-state index is 5.32. The summed E-state index contributed by atoms with van der Waals surface area (Å²) in [6.45, 7) is 4.23. The van der Waals surface area contributed by atoms with E-state index in [1.807, 2.05) is 18.3 Å². The van der Waals surface area contributed by atoms with Crippen LogP contribution in [0.2, 0.25) is 0 Å². The summed E-state index contributed by atoms with van der Waals surface area (Å²) in [5, 5.41) is 4.91. The van der Waals surface area contributed by atoms with E-state index < -0.39 is 0 Å². The first-order chi connectivity index (χ1) is 12.7. The highest BCUT2D eigenvalue weighted by molar-refractivity contribution is 5.93. The van der Waals surface area contributed by atoms with Crippen molar-refractivity contribution in [2.24, 2.45) is 0 Å². The summed E-state index contributed by atoms with van der Waals surface area (Å²) in [7, 11) is 1.71. The average molecular weight is 347 g/mol. The Morgan fingerprint density at radius 1 is 1.08 bits per heavy atom. The Bertz CT molecular complexity index is 901. The molecule has 0 bridgehead atoms. The number of nitrogens with one attached hydrogen (secondary N) is 1. The van der Waals surface area contributed by atoms with Crippen molar-refractivity contribution in [1.29, 1.82) is 0 Å². The van der Waals surface area contributed by atoms with Crippen LogP contribution in [0.4, 0.5) is 11.4 Å². The molecule has 0 unspecified atom stereocenters. The van der Waals surface area contributed by atoms with Gasteiger partial charge in [0.2, 0.25) is 0 Å². The molecule has 0 amide bonds. The number of piperidine rings is 1. The molecule has 2 aromatic carbocycles. The highest BCUT2D eigenvalue weighted by atomic mass is 16.5. The fraction of sp³-hybridized carbons (Fsp3) is 0.318. The minimum Gasteiger partial charge on any atom is -0.497 e. The van der Waals surface area contributed by atoms with Gasteiger partial charge in [0.25, 0.3) is 0 Å². The Morgan fingerprint density at radius 2 is 1.88 bits per heavy atom. The number of aryl methyl sites for hydroxylation is 1. The fourth-order valence-corrected chi connectivity index (χ4v) is 3.80. The van der Waals surface area contributed by atoms with Crippen LogP contribution in [0.15, 0.2) is 54.7 Å². The topological polar surface area (TPSA) is 37.4 Å². The molecular weight excluding hydrogens is 322 g/mol. The summed E-state index contributed by atoms with van der Waals surface area (Å²) in [6.07, 6.45) is 4.17. The number of hydrogen-bond donors (Lipinski definition) is 1. The van der Waals surface area contributed by atoms with E-state index >= 15 is 0 Å². The van der Waals surface area contributed by atoms with Gasteiger partial charge in [-0.25, -0.2) is 0 Å². The second-order valence-corrected chi connectivity index (χ2v) is 6.94. The number of rotatable bonds is 4. The van der Waals surface area contributed by atoms with Crippen LogP contribution in [0.1, 0.15) is 18.4 Å². The molecule has 1 aliphatic heterocycles. The van der Waals surface area contributed by atoms with Crippen LogP contribution in [-0.2, 0) is 0 Å². The van der Waals surface area contributed by atoms with Gasteiger partial charge in [0, 0.05) is 48.2 Å². The number of aromatic nitrogens is 1. The number of ether oxygens (including phenoxy) is 1. The molecule has 0 saturated carbocycles. The number of nitrogens with zero attached hydrogens (tertiary/aromatic N) is 2. The highest BCUT2D eigenvalue weighted by Gasteiger charge is 2.21. The fourth-order valence-electron chi connectivity index (χ4n) is 3.80. The molecule has 4 rings (SSSR count). The molecule has 0 radical (unpaired) electrons. The summed E-state index contributed by atoms with van der Waals surface area (Å²) >= 11 is 0. The molecule has 0 spiro atoms. The van der Waals surface area contributed by atoms with Crippen molar-refractivity contribution in [3.63, 3.8) is 0 Å². The van der Waals surface area contributed by atoms with Gasteiger partial charge in [-0.05, 0) is 43.5 Å². The summed E-state index contributed by atoms with van der Waals surface area (Å²) in [5.74, 6) is 0.895. The number of para-hydroxylation sites is 1. The van der Waals surface area contributed by atoms with E-state index in [1.54, 1.807) is 7.11 Å². The number of benzene rings is 2. The third-order valence-electron chi connectivity index (χ3n) is 5.23. The minimum absolute atomic E-state index is 0.494. The Hall–Kier alpha value is -2.75. The standard InChI is InChI=1S/C22H25N3O/c1-16-5-3-8-20-21(9-12-23-22(16)20)25-13-10-17(11-14-25)24-18-6-4-7-19(15-18)26-2/h3-9,12,15,17,24H,10-11,13-14H2,1-2H3. The quantitative estimate of drug-likeness (QED) is 0.746. The van der Waals surface area contributed by atoms with Crippen LogP contribution < -0.4 is 15.0 Å². The van der Waals surface area contributed by atoms with Crippen molar-refractivity contribution < 1.29 is 4.74 Å². The lowest BCUT2D eigenvalue weighted by Gasteiger charge is -2.35. The molecule has 2 heterocycles. The molecule has 1 saturated heterocycles. The third kappa shape index (κ3) is 3.32. The van der Waals surface area contributed by atoms with Crippen LogP contribution >= 0.6 is 0 Å². The predicted molar refractivity (Wildman–Crippen MR) is 108 cm³/mol. The number of methoxy groups -OCH3 is 1.